The van der Waals surface area contributed by atoms with Crippen molar-refractivity contribution in [2.24, 2.45) is 0 Å². The SMILES string of the molecule is C=C/C=C(\C=C)C(OC1CCN(C)CC1)C(/C=C\C)=C/C=C.C=CC.CC.CC.CC.CC.CC. The molecule has 1 aliphatic rings. The molecular formula is C33H65NO. The zero-order valence-electron chi connectivity index (χ0n) is 26.3. The van der Waals surface area contributed by atoms with Gasteiger partial charge in [-0.3, -0.25) is 0 Å². The van der Waals surface area contributed by atoms with E-state index in [0.717, 1.165) is 37.1 Å². The van der Waals surface area contributed by atoms with E-state index in [4.69, 9.17) is 4.74 Å². The highest BCUT2D eigenvalue weighted by Crippen LogP contribution is 2.24. The van der Waals surface area contributed by atoms with E-state index >= 15 is 0 Å². The summed E-state index contributed by atoms with van der Waals surface area (Å²) in [4.78, 5) is 2.34. The van der Waals surface area contributed by atoms with Crippen molar-refractivity contribution in [2.45, 2.75) is 108 Å². The molecule has 0 bridgehead atoms. The van der Waals surface area contributed by atoms with Gasteiger partial charge in [-0.2, -0.15) is 0 Å². The fourth-order valence-corrected chi connectivity index (χ4v) is 2.62. The van der Waals surface area contributed by atoms with E-state index in [1.807, 2.05) is 107 Å². The van der Waals surface area contributed by atoms with Crippen LogP contribution in [0.2, 0.25) is 0 Å². The van der Waals surface area contributed by atoms with E-state index in [1.165, 1.54) is 0 Å². The minimum atomic E-state index is -0.127. The Morgan fingerprint density at radius 3 is 1.43 bits per heavy atom. The van der Waals surface area contributed by atoms with E-state index in [9.17, 15) is 0 Å². The summed E-state index contributed by atoms with van der Waals surface area (Å²) in [6.45, 7) is 41.0. The first-order chi connectivity index (χ1) is 17.1. The topological polar surface area (TPSA) is 12.5 Å². The summed E-state index contributed by atoms with van der Waals surface area (Å²) in [5, 5.41) is 0. The summed E-state index contributed by atoms with van der Waals surface area (Å²) in [6.07, 6.45) is 17.5. The van der Waals surface area contributed by atoms with Gasteiger partial charge in [0.15, 0.2) is 0 Å². The van der Waals surface area contributed by atoms with Gasteiger partial charge >= 0.3 is 0 Å². The number of likely N-dealkylation sites (tertiary alicyclic amines) is 1. The maximum atomic E-state index is 6.43. The molecule has 0 aromatic carbocycles. The Labute approximate surface area is 223 Å². The molecule has 2 nitrogen and oxygen atoms in total. The fraction of sp³-hybridized carbons (Fsp3) is 0.576. The van der Waals surface area contributed by atoms with Crippen molar-refractivity contribution in [3.63, 3.8) is 0 Å². The Bertz CT molecular complexity index is 503. The van der Waals surface area contributed by atoms with Crippen LogP contribution in [0.5, 0.6) is 0 Å². The average Bonchev–Trinajstić information content (AvgIpc) is 2.93. The smallest absolute Gasteiger partial charge is 0.108 e. The third-order valence-corrected chi connectivity index (χ3v) is 3.82. The van der Waals surface area contributed by atoms with Gasteiger partial charge < -0.3 is 9.64 Å². The molecule has 0 amide bonds. The van der Waals surface area contributed by atoms with Crippen LogP contribution in [0.15, 0.2) is 86.1 Å². The molecule has 0 aliphatic carbocycles. The summed E-state index contributed by atoms with van der Waals surface area (Å²) >= 11 is 0. The van der Waals surface area contributed by atoms with Gasteiger partial charge in [-0.05, 0) is 44.9 Å². The summed E-state index contributed by atoms with van der Waals surface area (Å²) in [6, 6.07) is 0. The third-order valence-electron chi connectivity index (χ3n) is 3.82. The van der Waals surface area contributed by atoms with Crippen molar-refractivity contribution in [1.29, 1.82) is 0 Å². The first-order valence-electron chi connectivity index (χ1n) is 13.9. The van der Waals surface area contributed by atoms with Crippen molar-refractivity contribution in [3.05, 3.63) is 86.1 Å². The molecule has 1 unspecified atom stereocenters. The molecule has 1 saturated heterocycles. The van der Waals surface area contributed by atoms with Crippen LogP contribution in [-0.2, 0) is 4.74 Å². The molecule has 0 aromatic heterocycles. The maximum absolute atomic E-state index is 6.43. The van der Waals surface area contributed by atoms with Crippen molar-refractivity contribution in [2.75, 3.05) is 20.1 Å². The van der Waals surface area contributed by atoms with Crippen molar-refractivity contribution < 1.29 is 4.74 Å². The van der Waals surface area contributed by atoms with Gasteiger partial charge in [-0.25, -0.2) is 0 Å². The van der Waals surface area contributed by atoms with Crippen molar-refractivity contribution in [1.82, 2.24) is 4.90 Å². The normalized spacial score (nSPS) is 13.9. The molecule has 0 radical (unpaired) electrons. The lowest BCUT2D eigenvalue weighted by molar-refractivity contribution is -0.00672. The van der Waals surface area contributed by atoms with E-state index in [0.29, 0.717) is 0 Å². The lowest BCUT2D eigenvalue weighted by Gasteiger charge is -2.32. The predicted octanol–water partition coefficient (Wildman–Crippen LogP) is 10.8. The molecule has 0 N–H and O–H groups in total. The van der Waals surface area contributed by atoms with Crippen molar-refractivity contribution >= 4 is 0 Å². The molecule has 35 heavy (non-hydrogen) atoms. The highest BCUT2D eigenvalue weighted by Gasteiger charge is 2.24. The zero-order valence-corrected chi connectivity index (χ0v) is 26.3. The van der Waals surface area contributed by atoms with E-state index in [1.54, 1.807) is 18.2 Å². The highest BCUT2D eigenvalue weighted by molar-refractivity contribution is 5.39. The predicted molar refractivity (Wildman–Crippen MR) is 170 cm³/mol. The quantitative estimate of drug-likeness (QED) is 0.247. The van der Waals surface area contributed by atoms with Gasteiger partial charge in [0.05, 0.1) is 6.10 Å². The van der Waals surface area contributed by atoms with Gasteiger partial charge in [0, 0.05) is 13.1 Å². The number of hydrogen-bond acceptors (Lipinski definition) is 2. The molecule has 1 fully saturated rings. The fourth-order valence-electron chi connectivity index (χ4n) is 2.62. The standard InChI is InChI=1S/C20H29NO.C3H6.5C2H6/c1-6-10-17(9-4)20(18(11-7-2)12-8-3)22-19-13-15-21(5)16-14-19;1-3-2;5*1-2/h6-12,19-20H,1-2,4,13-16H2,3,5H3;3H,1H2,2H3;5*1-2H3/b12-8-,17-10+,18-11+;;;;;;. The van der Waals surface area contributed by atoms with Gasteiger partial charge in [-0.1, -0.05) is 138 Å². The number of piperidine rings is 1. The number of allylic oxidation sites excluding steroid dienone is 6. The Morgan fingerprint density at radius 2 is 1.11 bits per heavy atom. The summed E-state index contributed by atoms with van der Waals surface area (Å²) in [7, 11) is 2.16. The first-order valence-corrected chi connectivity index (χ1v) is 13.9. The molecule has 1 atom stereocenters. The molecule has 1 heterocycles. The molecular weight excluding hydrogens is 426 g/mol. The lowest BCUT2D eigenvalue weighted by Crippen LogP contribution is -2.36. The monoisotopic (exact) mass is 492 g/mol. The van der Waals surface area contributed by atoms with Gasteiger partial charge in [0.1, 0.15) is 6.10 Å². The molecule has 2 heteroatoms. The van der Waals surface area contributed by atoms with Gasteiger partial charge in [0.25, 0.3) is 0 Å². The number of hydrogen-bond donors (Lipinski definition) is 0. The van der Waals surface area contributed by atoms with Crippen molar-refractivity contribution in [3.8, 4) is 0 Å². The summed E-state index contributed by atoms with van der Waals surface area (Å²) in [5.41, 5.74) is 2.12. The highest BCUT2D eigenvalue weighted by atomic mass is 16.5. The second-order valence-electron chi connectivity index (χ2n) is 5.94. The zero-order chi connectivity index (χ0) is 29.1. The molecule has 0 saturated carbocycles. The minimum Gasteiger partial charge on any atom is -0.365 e. The van der Waals surface area contributed by atoms with Crippen LogP contribution in [0, 0.1) is 0 Å². The Balaban J connectivity index is -0.000000138. The molecule has 1 rings (SSSR count). The summed E-state index contributed by atoms with van der Waals surface area (Å²) in [5.74, 6) is 0. The molecule has 0 spiro atoms. The average molecular weight is 492 g/mol. The van der Waals surface area contributed by atoms with E-state index < -0.39 is 0 Å². The maximum Gasteiger partial charge on any atom is 0.108 e. The summed E-state index contributed by atoms with van der Waals surface area (Å²) < 4.78 is 6.43. The van der Waals surface area contributed by atoms with Crippen LogP contribution >= 0.6 is 0 Å². The number of nitrogens with zero attached hydrogens (tertiary/aromatic N) is 1. The van der Waals surface area contributed by atoms with Crippen LogP contribution < -0.4 is 0 Å². The third kappa shape index (κ3) is 30.1. The van der Waals surface area contributed by atoms with Gasteiger partial charge in [0.2, 0.25) is 0 Å². The van der Waals surface area contributed by atoms with Crippen LogP contribution in [0.1, 0.15) is 95.9 Å². The van der Waals surface area contributed by atoms with E-state index in [-0.39, 0.29) is 12.2 Å². The first kappa shape index (κ1) is 46.4. The molecule has 0 aromatic rings. The number of ether oxygens (including phenoxy) is 1. The van der Waals surface area contributed by atoms with Crippen LogP contribution in [-0.4, -0.2) is 37.2 Å². The van der Waals surface area contributed by atoms with Crippen LogP contribution in [0.3, 0.4) is 0 Å². The Kier molecular flexibility index (Phi) is 60.5. The molecule has 208 valence electrons. The second-order valence-corrected chi connectivity index (χ2v) is 5.94. The van der Waals surface area contributed by atoms with E-state index in [2.05, 4.69) is 44.3 Å². The molecule has 1 aliphatic heterocycles. The van der Waals surface area contributed by atoms with Crippen LogP contribution in [0.25, 0.3) is 0 Å². The second kappa shape index (κ2) is 45.6. The Hall–Kier alpha value is -1.90. The van der Waals surface area contributed by atoms with Gasteiger partial charge in [-0.15, -0.1) is 6.58 Å². The number of rotatable bonds is 8. The Morgan fingerprint density at radius 1 is 0.743 bits per heavy atom. The lowest BCUT2D eigenvalue weighted by atomic mass is 9.98. The minimum absolute atomic E-state index is 0.127. The van der Waals surface area contributed by atoms with Crippen LogP contribution in [0.4, 0.5) is 0 Å². The largest absolute Gasteiger partial charge is 0.365 e.